The number of amides is 1. The number of alkyl carbamates (subject to hydrolysis) is 1. The average molecular weight is 534 g/mol. The number of rotatable bonds is 8. The van der Waals surface area contributed by atoms with Crippen LogP contribution in [0.25, 0.3) is 0 Å². The summed E-state index contributed by atoms with van der Waals surface area (Å²) in [4.78, 5) is 12.5. The summed E-state index contributed by atoms with van der Waals surface area (Å²) >= 11 is 0. The lowest BCUT2D eigenvalue weighted by Crippen LogP contribution is -2.62. The second-order valence-corrected chi connectivity index (χ2v) is 15.2. The molecule has 0 saturated heterocycles. The van der Waals surface area contributed by atoms with Crippen molar-refractivity contribution in [2.75, 3.05) is 6.61 Å². The molecule has 0 aromatic carbocycles. The minimum absolute atomic E-state index is 0.132. The van der Waals surface area contributed by atoms with Gasteiger partial charge in [0, 0.05) is 6.04 Å². The van der Waals surface area contributed by atoms with Crippen LogP contribution in [-0.4, -0.2) is 41.2 Å². The molecule has 1 amide bonds. The number of hydrogen-bond acceptors (Lipinski definition) is 4. The van der Waals surface area contributed by atoms with Crippen LogP contribution in [0.15, 0.2) is 0 Å². The Bertz CT molecular complexity index is 807. The molecular formula is C33H59NO4. The quantitative estimate of drug-likeness (QED) is 0.312. The monoisotopic (exact) mass is 533 g/mol. The first-order chi connectivity index (χ1) is 17.8. The highest BCUT2D eigenvalue weighted by Crippen LogP contribution is 2.69. The van der Waals surface area contributed by atoms with Crippen LogP contribution in [-0.2, 0) is 4.74 Å². The molecule has 0 radical (unpaired) electrons. The van der Waals surface area contributed by atoms with Gasteiger partial charge in [-0.3, -0.25) is 0 Å². The van der Waals surface area contributed by atoms with Gasteiger partial charge in [0.15, 0.2) is 0 Å². The van der Waals surface area contributed by atoms with Crippen molar-refractivity contribution in [3.05, 3.63) is 0 Å². The maximum Gasteiger partial charge on any atom is 0.407 e. The van der Waals surface area contributed by atoms with Gasteiger partial charge in [0.2, 0.25) is 0 Å². The molecule has 3 N–H and O–H groups in total. The Hall–Kier alpha value is -0.810. The van der Waals surface area contributed by atoms with E-state index in [9.17, 15) is 15.0 Å². The Morgan fingerprint density at radius 1 is 0.921 bits per heavy atom. The maximum absolute atomic E-state index is 12.5. The normalized spacial score (nSPS) is 43.5. The van der Waals surface area contributed by atoms with Crippen molar-refractivity contribution in [3.8, 4) is 0 Å². The Balaban J connectivity index is 1.41. The second kappa shape index (κ2) is 11.6. The Kier molecular flexibility index (Phi) is 9.20. The standard InChI is InChI=1S/C33H59NO4/c1-9-23-27-18-22(35)12-15-33(27,8)26-13-16-32(7)24(10-11-25(32)28(26)30(23)36)21(6)14-17-38-31(37)34-29(19(2)3)20(4)5/h19-30,35-36H,9-18H2,1-8H3,(H,34,37)/t21-,22-,23-,24-,25+,26+,27?,28+,30-,32-,33-/m1/s1. The van der Waals surface area contributed by atoms with Gasteiger partial charge in [-0.1, -0.05) is 61.8 Å². The summed E-state index contributed by atoms with van der Waals surface area (Å²) < 4.78 is 5.67. The molecule has 5 heteroatoms. The van der Waals surface area contributed by atoms with E-state index in [2.05, 4.69) is 60.7 Å². The van der Waals surface area contributed by atoms with Gasteiger partial charge < -0.3 is 20.3 Å². The van der Waals surface area contributed by atoms with Gasteiger partial charge in [0.05, 0.1) is 18.8 Å². The van der Waals surface area contributed by atoms with Crippen molar-refractivity contribution in [2.45, 2.75) is 131 Å². The van der Waals surface area contributed by atoms with Crippen LogP contribution >= 0.6 is 0 Å². The predicted molar refractivity (Wildman–Crippen MR) is 154 cm³/mol. The molecule has 4 aliphatic carbocycles. The highest BCUT2D eigenvalue weighted by molar-refractivity contribution is 5.67. The fourth-order valence-electron chi connectivity index (χ4n) is 10.8. The molecule has 0 spiro atoms. The third-order valence-corrected chi connectivity index (χ3v) is 12.7. The molecule has 38 heavy (non-hydrogen) atoms. The van der Waals surface area contributed by atoms with Gasteiger partial charge in [-0.15, -0.1) is 0 Å². The van der Waals surface area contributed by atoms with Crippen molar-refractivity contribution >= 4 is 6.09 Å². The van der Waals surface area contributed by atoms with Crippen molar-refractivity contribution in [2.24, 2.45) is 64.1 Å². The summed E-state index contributed by atoms with van der Waals surface area (Å²) in [5.41, 5.74) is 0.500. The van der Waals surface area contributed by atoms with Crippen molar-refractivity contribution in [1.82, 2.24) is 5.32 Å². The molecule has 0 heterocycles. The molecule has 4 rings (SSSR count). The molecule has 4 saturated carbocycles. The first-order valence-electron chi connectivity index (χ1n) is 16.1. The zero-order chi connectivity index (χ0) is 28.0. The van der Waals surface area contributed by atoms with Crippen LogP contribution in [0, 0.1) is 64.1 Å². The van der Waals surface area contributed by atoms with Gasteiger partial charge in [-0.05, 0) is 115 Å². The number of aliphatic hydroxyl groups is 2. The molecule has 1 unspecified atom stereocenters. The molecule has 220 valence electrons. The van der Waals surface area contributed by atoms with Gasteiger partial charge in [-0.25, -0.2) is 4.79 Å². The summed E-state index contributed by atoms with van der Waals surface area (Å²) in [6.45, 7) is 18.7. The van der Waals surface area contributed by atoms with Crippen LogP contribution in [0.2, 0.25) is 0 Å². The van der Waals surface area contributed by atoms with Crippen molar-refractivity contribution in [1.29, 1.82) is 0 Å². The smallest absolute Gasteiger partial charge is 0.407 e. The zero-order valence-corrected chi connectivity index (χ0v) is 25.7. The van der Waals surface area contributed by atoms with E-state index in [4.69, 9.17) is 4.74 Å². The first kappa shape index (κ1) is 30.2. The number of nitrogens with one attached hydrogen (secondary N) is 1. The lowest BCUT2D eigenvalue weighted by molar-refractivity contribution is -0.203. The summed E-state index contributed by atoms with van der Waals surface area (Å²) in [7, 11) is 0. The fourth-order valence-corrected chi connectivity index (χ4v) is 10.8. The highest BCUT2D eigenvalue weighted by Gasteiger charge is 2.64. The number of carbonyl (C=O) groups is 1. The lowest BCUT2D eigenvalue weighted by Gasteiger charge is -2.64. The summed E-state index contributed by atoms with van der Waals surface area (Å²) in [5.74, 6) is 4.16. The van der Waals surface area contributed by atoms with Gasteiger partial charge in [0.25, 0.3) is 0 Å². The molecule has 0 aromatic heterocycles. The van der Waals surface area contributed by atoms with Crippen molar-refractivity contribution < 1.29 is 19.7 Å². The molecule has 11 atom stereocenters. The van der Waals surface area contributed by atoms with E-state index in [1.54, 1.807) is 0 Å². The van der Waals surface area contributed by atoms with E-state index in [1.807, 2.05) is 0 Å². The molecule has 0 bridgehead atoms. The van der Waals surface area contributed by atoms with E-state index < -0.39 is 0 Å². The Morgan fingerprint density at radius 2 is 1.55 bits per heavy atom. The van der Waals surface area contributed by atoms with Gasteiger partial charge >= 0.3 is 6.09 Å². The molecule has 4 fully saturated rings. The molecule has 0 aromatic rings. The first-order valence-corrected chi connectivity index (χ1v) is 16.1. The second-order valence-electron chi connectivity index (χ2n) is 15.2. The third kappa shape index (κ3) is 5.29. The molecule has 5 nitrogen and oxygen atoms in total. The topological polar surface area (TPSA) is 78.8 Å². The summed E-state index contributed by atoms with van der Waals surface area (Å²) in [5, 5.41) is 25.5. The largest absolute Gasteiger partial charge is 0.450 e. The third-order valence-electron chi connectivity index (χ3n) is 12.7. The predicted octanol–water partition coefficient (Wildman–Crippen LogP) is 7.05. The van der Waals surface area contributed by atoms with E-state index >= 15 is 0 Å². The van der Waals surface area contributed by atoms with Crippen LogP contribution < -0.4 is 5.32 Å². The van der Waals surface area contributed by atoms with Gasteiger partial charge in [-0.2, -0.15) is 0 Å². The summed E-state index contributed by atoms with van der Waals surface area (Å²) in [6.07, 6.45) is 9.00. The minimum atomic E-state index is -0.281. The average Bonchev–Trinajstić information content (AvgIpc) is 3.20. The zero-order valence-electron chi connectivity index (χ0n) is 25.7. The minimum Gasteiger partial charge on any atom is -0.450 e. The van der Waals surface area contributed by atoms with E-state index in [-0.39, 0.29) is 35.2 Å². The molecule has 4 aliphatic rings. The Morgan fingerprint density at radius 3 is 2.18 bits per heavy atom. The van der Waals surface area contributed by atoms with Crippen LogP contribution in [0.4, 0.5) is 4.79 Å². The number of fused-ring (bicyclic) bond motifs is 5. The number of hydrogen-bond donors (Lipinski definition) is 3. The van der Waals surface area contributed by atoms with Gasteiger partial charge in [0.1, 0.15) is 0 Å². The van der Waals surface area contributed by atoms with Crippen LogP contribution in [0.1, 0.15) is 113 Å². The lowest BCUT2D eigenvalue weighted by atomic mass is 9.41. The highest BCUT2D eigenvalue weighted by atomic mass is 16.5. The van der Waals surface area contributed by atoms with Crippen molar-refractivity contribution in [3.63, 3.8) is 0 Å². The molecular weight excluding hydrogens is 474 g/mol. The summed E-state index contributed by atoms with van der Waals surface area (Å²) in [6, 6.07) is 0.132. The molecule has 0 aliphatic heterocycles. The fraction of sp³-hybridized carbons (Fsp3) is 0.970. The number of carbonyl (C=O) groups excluding carboxylic acids is 1. The number of aliphatic hydroxyl groups excluding tert-OH is 2. The number of ether oxygens (including phenoxy) is 1. The SMILES string of the molecule is CC[C@@H]1C2C[C@H](O)CC[C@]2(C)[C@H]2CC[C@]3(C)[C@@H]([C@H](C)CCOC(=O)NC(C(C)C)C(C)C)CC[C@H]3[C@@H]2[C@@H]1O. The van der Waals surface area contributed by atoms with E-state index in [0.717, 1.165) is 32.1 Å². The Labute approximate surface area is 233 Å². The van der Waals surface area contributed by atoms with E-state index in [1.165, 1.54) is 25.7 Å². The maximum atomic E-state index is 12.5. The van der Waals surface area contributed by atoms with E-state index in [0.29, 0.717) is 59.9 Å². The van der Waals surface area contributed by atoms with Crippen LogP contribution in [0.3, 0.4) is 0 Å². The van der Waals surface area contributed by atoms with Crippen LogP contribution in [0.5, 0.6) is 0 Å².